The van der Waals surface area contributed by atoms with Gasteiger partial charge in [0.05, 0.1) is 0 Å². The first-order valence-electron chi connectivity index (χ1n) is 7.17. The Morgan fingerprint density at radius 3 is 2.37 bits per heavy atom. The zero-order valence-electron chi connectivity index (χ0n) is 12.4. The summed E-state index contributed by atoms with van der Waals surface area (Å²) in [7, 11) is 0. The van der Waals surface area contributed by atoms with Crippen LogP contribution in [0.1, 0.15) is 47.0 Å². The Morgan fingerprint density at radius 1 is 1.21 bits per heavy atom. The number of urea groups is 1. The highest BCUT2D eigenvalue weighted by Crippen LogP contribution is 2.33. The van der Waals surface area contributed by atoms with Gasteiger partial charge in [-0.3, -0.25) is 4.79 Å². The van der Waals surface area contributed by atoms with E-state index in [-0.39, 0.29) is 11.9 Å². The predicted molar refractivity (Wildman–Crippen MR) is 75.5 cm³/mol. The van der Waals surface area contributed by atoms with E-state index < -0.39 is 12.1 Å². The molecule has 4 N–H and O–H groups in total. The van der Waals surface area contributed by atoms with Gasteiger partial charge in [0.15, 0.2) is 0 Å². The summed E-state index contributed by atoms with van der Waals surface area (Å²) in [5.41, 5.74) is 5.03. The molecule has 1 aliphatic rings. The average molecular weight is 269 g/mol. The maximum atomic E-state index is 12.0. The van der Waals surface area contributed by atoms with Crippen molar-refractivity contribution in [2.45, 2.75) is 59.0 Å². The quantitative estimate of drug-likeness (QED) is 0.724. The van der Waals surface area contributed by atoms with E-state index in [1.165, 1.54) is 6.42 Å². The smallest absolute Gasteiger partial charge is 0.312 e. The van der Waals surface area contributed by atoms with Crippen molar-refractivity contribution in [1.29, 1.82) is 0 Å². The molecule has 1 aliphatic carbocycles. The summed E-state index contributed by atoms with van der Waals surface area (Å²) >= 11 is 0. The summed E-state index contributed by atoms with van der Waals surface area (Å²) in [5.74, 6) is 1.56. The van der Waals surface area contributed by atoms with Crippen LogP contribution in [0.15, 0.2) is 0 Å². The van der Waals surface area contributed by atoms with Crippen LogP contribution in [0.5, 0.6) is 0 Å². The molecule has 5 nitrogen and oxygen atoms in total. The van der Waals surface area contributed by atoms with Gasteiger partial charge in [0.2, 0.25) is 5.91 Å². The SMILES string of the molecule is CC1CCC(C(C)C)C(NC(=O)C(C)NC(N)=O)C1. The second kappa shape index (κ2) is 6.78. The lowest BCUT2D eigenvalue weighted by molar-refractivity contribution is -0.124. The molecule has 1 saturated carbocycles. The van der Waals surface area contributed by atoms with Crippen molar-refractivity contribution >= 4 is 11.9 Å². The number of nitrogens with one attached hydrogen (secondary N) is 2. The van der Waals surface area contributed by atoms with Crippen LogP contribution >= 0.6 is 0 Å². The number of carbonyl (C=O) groups is 2. The van der Waals surface area contributed by atoms with Gasteiger partial charge in [-0.25, -0.2) is 4.79 Å². The maximum absolute atomic E-state index is 12.0. The van der Waals surface area contributed by atoms with Crippen LogP contribution < -0.4 is 16.4 Å². The minimum atomic E-state index is -0.667. The Morgan fingerprint density at radius 2 is 1.84 bits per heavy atom. The number of hydrogen-bond donors (Lipinski definition) is 3. The number of nitrogens with two attached hydrogens (primary N) is 1. The molecular weight excluding hydrogens is 242 g/mol. The van der Waals surface area contributed by atoms with Crippen LogP contribution in [0, 0.1) is 17.8 Å². The summed E-state index contributed by atoms with van der Waals surface area (Å²) in [6.45, 7) is 8.27. The van der Waals surface area contributed by atoms with Crippen LogP contribution in [0.4, 0.5) is 4.79 Å². The number of rotatable bonds is 4. The molecule has 0 radical (unpaired) electrons. The Hall–Kier alpha value is -1.26. The number of carbonyl (C=O) groups excluding carboxylic acids is 2. The van der Waals surface area contributed by atoms with E-state index in [0.717, 1.165) is 12.8 Å². The van der Waals surface area contributed by atoms with Crippen LogP contribution in [-0.2, 0) is 4.79 Å². The van der Waals surface area contributed by atoms with Crippen molar-refractivity contribution in [3.05, 3.63) is 0 Å². The molecule has 0 aromatic carbocycles. The fourth-order valence-corrected chi connectivity index (χ4v) is 2.95. The van der Waals surface area contributed by atoms with Crippen molar-refractivity contribution in [3.63, 3.8) is 0 Å². The van der Waals surface area contributed by atoms with Gasteiger partial charge in [0.1, 0.15) is 6.04 Å². The van der Waals surface area contributed by atoms with Crippen LogP contribution in [-0.4, -0.2) is 24.0 Å². The summed E-state index contributed by atoms with van der Waals surface area (Å²) in [5, 5.41) is 5.49. The molecule has 19 heavy (non-hydrogen) atoms. The highest BCUT2D eigenvalue weighted by molar-refractivity contribution is 5.86. The molecule has 0 spiro atoms. The van der Waals surface area contributed by atoms with Crippen molar-refractivity contribution in [3.8, 4) is 0 Å². The zero-order chi connectivity index (χ0) is 14.6. The first kappa shape index (κ1) is 15.8. The number of amides is 3. The minimum Gasteiger partial charge on any atom is -0.352 e. The number of hydrogen-bond acceptors (Lipinski definition) is 2. The van der Waals surface area contributed by atoms with Gasteiger partial charge >= 0.3 is 6.03 Å². The third kappa shape index (κ3) is 4.73. The first-order chi connectivity index (χ1) is 8.81. The van der Waals surface area contributed by atoms with E-state index in [1.807, 2.05) is 0 Å². The summed E-state index contributed by atoms with van der Waals surface area (Å²) < 4.78 is 0. The van der Waals surface area contributed by atoms with E-state index >= 15 is 0 Å². The van der Waals surface area contributed by atoms with E-state index in [4.69, 9.17) is 5.73 Å². The van der Waals surface area contributed by atoms with Gasteiger partial charge < -0.3 is 16.4 Å². The minimum absolute atomic E-state index is 0.149. The normalized spacial score (nSPS) is 28.8. The summed E-state index contributed by atoms with van der Waals surface area (Å²) in [6.07, 6.45) is 3.39. The second-order valence-electron chi connectivity index (χ2n) is 6.17. The van der Waals surface area contributed by atoms with Crippen molar-refractivity contribution in [1.82, 2.24) is 10.6 Å². The average Bonchev–Trinajstić information content (AvgIpc) is 2.27. The van der Waals surface area contributed by atoms with Crippen LogP contribution in [0.3, 0.4) is 0 Å². The Labute approximate surface area is 115 Å². The Bertz CT molecular complexity index is 331. The standard InChI is InChI=1S/C14H27N3O2/c1-8(2)11-6-5-9(3)7-12(11)17-13(18)10(4)16-14(15)19/h8-12H,5-7H2,1-4H3,(H,17,18)(H3,15,16,19). The molecule has 0 heterocycles. The van der Waals surface area contributed by atoms with E-state index in [0.29, 0.717) is 17.8 Å². The molecule has 5 heteroatoms. The molecule has 4 atom stereocenters. The van der Waals surface area contributed by atoms with Gasteiger partial charge in [-0.05, 0) is 37.5 Å². The van der Waals surface area contributed by atoms with Gasteiger partial charge in [-0.1, -0.05) is 27.2 Å². The summed E-state index contributed by atoms with van der Waals surface area (Å²) in [6, 6.07) is -1.05. The Balaban J connectivity index is 2.60. The fraction of sp³-hybridized carbons (Fsp3) is 0.857. The first-order valence-corrected chi connectivity index (χ1v) is 7.17. The molecule has 0 aromatic rings. The summed E-state index contributed by atoms with van der Waals surface area (Å²) in [4.78, 5) is 22.8. The maximum Gasteiger partial charge on any atom is 0.312 e. The third-order valence-corrected chi connectivity index (χ3v) is 4.10. The van der Waals surface area contributed by atoms with Crippen LogP contribution in [0.25, 0.3) is 0 Å². The van der Waals surface area contributed by atoms with Gasteiger partial charge in [0, 0.05) is 6.04 Å². The van der Waals surface area contributed by atoms with Gasteiger partial charge in [-0.15, -0.1) is 0 Å². The highest BCUT2D eigenvalue weighted by Gasteiger charge is 2.32. The predicted octanol–water partition coefficient (Wildman–Crippen LogP) is 1.62. The topological polar surface area (TPSA) is 84.2 Å². The highest BCUT2D eigenvalue weighted by atomic mass is 16.2. The van der Waals surface area contributed by atoms with Crippen molar-refractivity contribution in [2.24, 2.45) is 23.5 Å². The molecule has 0 bridgehead atoms. The lowest BCUT2D eigenvalue weighted by Gasteiger charge is -2.38. The van der Waals surface area contributed by atoms with E-state index in [2.05, 4.69) is 31.4 Å². The molecule has 3 amide bonds. The molecule has 0 aromatic heterocycles. The molecular formula is C14H27N3O2. The fourth-order valence-electron chi connectivity index (χ4n) is 2.95. The van der Waals surface area contributed by atoms with E-state index in [9.17, 15) is 9.59 Å². The third-order valence-electron chi connectivity index (χ3n) is 4.10. The van der Waals surface area contributed by atoms with Crippen molar-refractivity contribution in [2.75, 3.05) is 0 Å². The number of primary amides is 1. The second-order valence-corrected chi connectivity index (χ2v) is 6.17. The van der Waals surface area contributed by atoms with Gasteiger partial charge in [-0.2, -0.15) is 0 Å². The molecule has 0 aliphatic heterocycles. The Kier molecular flexibility index (Phi) is 5.63. The van der Waals surface area contributed by atoms with Crippen molar-refractivity contribution < 1.29 is 9.59 Å². The molecule has 1 fully saturated rings. The monoisotopic (exact) mass is 269 g/mol. The lowest BCUT2D eigenvalue weighted by atomic mass is 9.74. The largest absolute Gasteiger partial charge is 0.352 e. The molecule has 0 saturated heterocycles. The zero-order valence-corrected chi connectivity index (χ0v) is 12.4. The molecule has 110 valence electrons. The molecule has 4 unspecified atom stereocenters. The molecule has 1 rings (SSSR count). The van der Waals surface area contributed by atoms with E-state index in [1.54, 1.807) is 6.92 Å². The van der Waals surface area contributed by atoms with Gasteiger partial charge in [0.25, 0.3) is 0 Å². The van der Waals surface area contributed by atoms with Crippen LogP contribution in [0.2, 0.25) is 0 Å². The lowest BCUT2D eigenvalue weighted by Crippen LogP contribution is -2.53.